The third-order valence-electron chi connectivity index (χ3n) is 2.09. The van der Waals surface area contributed by atoms with Gasteiger partial charge in [0.15, 0.2) is 0 Å². The topological polar surface area (TPSA) is 33.1 Å². The molecule has 1 N–H and O–H groups in total. The van der Waals surface area contributed by atoms with Gasteiger partial charge in [-0.2, -0.15) is 0 Å². The zero-order chi connectivity index (χ0) is 9.90. The third-order valence-corrected chi connectivity index (χ3v) is 2.61. The molecule has 0 unspecified atom stereocenters. The van der Waals surface area contributed by atoms with E-state index >= 15 is 0 Å². The Kier molecular flexibility index (Phi) is 4.14. The predicted octanol–water partition coefficient (Wildman–Crippen LogP) is 3.68. The molecule has 76 valence electrons. The van der Waals surface area contributed by atoms with Crippen LogP contribution in [0.2, 0.25) is 0 Å². The van der Waals surface area contributed by atoms with Crippen LogP contribution in [0, 0.1) is 5.41 Å². The van der Waals surface area contributed by atoms with Crippen LogP contribution >= 0.6 is 34.8 Å². The summed E-state index contributed by atoms with van der Waals surface area (Å²) < 4.78 is 3.53. The van der Waals surface area contributed by atoms with Crippen molar-refractivity contribution < 1.29 is 4.74 Å². The Morgan fingerprint density at radius 1 is 1.15 bits per heavy atom. The van der Waals surface area contributed by atoms with E-state index < -0.39 is 3.79 Å². The van der Waals surface area contributed by atoms with E-state index in [0.29, 0.717) is 0 Å². The van der Waals surface area contributed by atoms with E-state index in [1.807, 2.05) is 0 Å². The normalized spacial score (nSPS) is 19.9. The van der Waals surface area contributed by atoms with Crippen molar-refractivity contribution in [2.24, 2.45) is 0 Å². The fourth-order valence-corrected chi connectivity index (χ4v) is 1.55. The van der Waals surface area contributed by atoms with Gasteiger partial charge in [-0.05, 0) is 25.7 Å². The lowest BCUT2D eigenvalue weighted by Gasteiger charge is -2.25. The molecule has 0 aromatic carbocycles. The Labute approximate surface area is 93.0 Å². The summed E-state index contributed by atoms with van der Waals surface area (Å²) in [7, 11) is 0. The van der Waals surface area contributed by atoms with Gasteiger partial charge in [0.2, 0.25) is 5.90 Å². The summed E-state index contributed by atoms with van der Waals surface area (Å²) in [4.78, 5) is 0. The Hall–Kier alpha value is 0.340. The molecule has 5 heteroatoms. The lowest BCUT2D eigenvalue weighted by molar-refractivity contribution is 0.138. The first-order chi connectivity index (χ1) is 6.00. The monoisotopic (exact) mass is 243 g/mol. The summed E-state index contributed by atoms with van der Waals surface area (Å²) in [6.45, 7) is 0. The Morgan fingerprint density at radius 3 is 2.15 bits per heavy atom. The molecule has 1 rings (SSSR count). The molecule has 0 bridgehead atoms. The van der Waals surface area contributed by atoms with E-state index in [-0.39, 0.29) is 12.0 Å². The lowest BCUT2D eigenvalue weighted by atomic mass is 9.98. The van der Waals surface area contributed by atoms with Crippen LogP contribution in [0.25, 0.3) is 0 Å². The smallest absolute Gasteiger partial charge is 0.265 e. The first-order valence-corrected chi connectivity index (χ1v) is 5.46. The van der Waals surface area contributed by atoms with E-state index in [0.717, 1.165) is 25.7 Å². The first kappa shape index (κ1) is 11.4. The van der Waals surface area contributed by atoms with Crippen LogP contribution in [0.15, 0.2) is 0 Å². The standard InChI is InChI=1S/C8H12Cl3NO/c9-8(10,11)7(12)13-6-4-2-1-3-5-6/h6,12H,1-5H2. The second-order valence-corrected chi connectivity index (χ2v) is 5.49. The van der Waals surface area contributed by atoms with Crippen LogP contribution < -0.4 is 0 Å². The quantitative estimate of drug-likeness (QED) is 0.426. The zero-order valence-corrected chi connectivity index (χ0v) is 9.42. The van der Waals surface area contributed by atoms with Gasteiger partial charge in [0.25, 0.3) is 3.79 Å². The molecule has 0 spiro atoms. The van der Waals surface area contributed by atoms with Crippen molar-refractivity contribution in [3.05, 3.63) is 0 Å². The van der Waals surface area contributed by atoms with Gasteiger partial charge in [-0.1, -0.05) is 41.2 Å². The average Bonchev–Trinajstić information content (AvgIpc) is 2.04. The number of halogens is 3. The van der Waals surface area contributed by atoms with Gasteiger partial charge in [-0.3, -0.25) is 5.41 Å². The van der Waals surface area contributed by atoms with E-state index in [1.165, 1.54) is 6.42 Å². The average molecular weight is 245 g/mol. The van der Waals surface area contributed by atoms with Crippen LogP contribution in [-0.2, 0) is 4.74 Å². The molecule has 1 saturated carbocycles. The highest BCUT2D eigenvalue weighted by Gasteiger charge is 2.31. The predicted molar refractivity (Wildman–Crippen MR) is 56.0 cm³/mol. The minimum atomic E-state index is -1.71. The Bertz CT molecular complexity index is 184. The molecule has 0 saturated heterocycles. The molecule has 1 aliphatic rings. The molecule has 0 aliphatic heterocycles. The van der Waals surface area contributed by atoms with Crippen molar-refractivity contribution in [1.82, 2.24) is 0 Å². The SMILES string of the molecule is N=C(OC1CCCCC1)C(Cl)(Cl)Cl. The number of nitrogens with one attached hydrogen (secondary N) is 1. The highest BCUT2D eigenvalue weighted by molar-refractivity contribution is 6.76. The highest BCUT2D eigenvalue weighted by Crippen LogP contribution is 2.30. The molecule has 0 aromatic heterocycles. The Morgan fingerprint density at radius 2 is 1.69 bits per heavy atom. The minimum Gasteiger partial charge on any atom is -0.475 e. The van der Waals surface area contributed by atoms with Crippen LogP contribution in [0.4, 0.5) is 0 Å². The van der Waals surface area contributed by atoms with Gasteiger partial charge >= 0.3 is 0 Å². The molecular formula is C8H12Cl3NO. The van der Waals surface area contributed by atoms with E-state index in [1.54, 1.807) is 0 Å². The van der Waals surface area contributed by atoms with Gasteiger partial charge in [0.05, 0.1) is 0 Å². The largest absolute Gasteiger partial charge is 0.475 e. The highest BCUT2D eigenvalue weighted by atomic mass is 35.6. The molecule has 1 aliphatic carbocycles. The number of hydrogen-bond donors (Lipinski definition) is 1. The lowest BCUT2D eigenvalue weighted by Crippen LogP contribution is -2.28. The van der Waals surface area contributed by atoms with Gasteiger partial charge in [0.1, 0.15) is 6.10 Å². The van der Waals surface area contributed by atoms with Crippen LogP contribution in [-0.4, -0.2) is 15.8 Å². The van der Waals surface area contributed by atoms with Gasteiger partial charge in [0, 0.05) is 0 Å². The van der Waals surface area contributed by atoms with Crippen molar-refractivity contribution in [3.8, 4) is 0 Å². The molecule has 0 aromatic rings. The molecule has 13 heavy (non-hydrogen) atoms. The fourth-order valence-electron chi connectivity index (χ4n) is 1.42. The molecule has 0 atom stereocenters. The van der Waals surface area contributed by atoms with Crippen LogP contribution in [0.3, 0.4) is 0 Å². The summed E-state index contributed by atoms with van der Waals surface area (Å²) >= 11 is 16.5. The maximum atomic E-state index is 7.36. The summed E-state index contributed by atoms with van der Waals surface area (Å²) in [5.74, 6) is -0.260. The maximum Gasteiger partial charge on any atom is 0.265 e. The van der Waals surface area contributed by atoms with Crippen LogP contribution in [0.1, 0.15) is 32.1 Å². The zero-order valence-electron chi connectivity index (χ0n) is 7.16. The molecule has 0 heterocycles. The van der Waals surface area contributed by atoms with Gasteiger partial charge in [-0.15, -0.1) is 0 Å². The van der Waals surface area contributed by atoms with Gasteiger partial charge in [-0.25, -0.2) is 0 Å². The van der Waals surface area contributed by atoms with Crippen molar-refractivity contribution in [2.75, 3.05) is 0 Å². The third kappa shape index (κ3) is 3.92. The molecule has 1 fully saturated rings. The minimum absolute atomic E-state index is 0.0666. The van der Waals surface area contributed by atoms with Crippen molar-refractivity contribution >= 4 is 40.7 Å². The van der Waals surface area contributed by atoms with E-state index in [4.69, 9.17) is 44.9 Å². The van der Waals surface area contributed by atoms with Crippen molar-refractivity contribution in [1.29, 1.82) is 5.41 Å². The Balaban J connectivity index is 2.35. The second-order valence-electron chi connectivity index (χ2n) is 3.20. The second kappa shape index (κ2) is 4.72. The van der Waals surface area contributed by atoms with Crippen molar-refractivity contribution in [3.63, 3.8) is 0 Å². The number of alkyl halides is 3. The summed E-state index contributed by atoms with van der Waals surface area (Å²) in [6, 6.07) is 0. The molecular weight excluding hydrogens is 232 g/mol. The number of ether oxygens (including phenoxy) is 1. The van der Waals surface area contributed by atoms with E-state index in [9.17, 15) is 0 Å². The number of rotatable bonds is 1. The molecule has 2 nitrogen and oxygen atoms in total. The van der Waals surface area contributed by atoms with Gasteiger partial charge < -0.3 is 4.74 Å². The molecule has 0 amide bonds. The maximum absolute atomic E-state index is 7.36. The molecule has 0 radical (unpaired) electrons. The van der Waals surface area contributed by atoms with E-state index in [2.05, 4.69) is 0 Å². The van der Waals surface area contributed by atoms with Crippen LogP contribution in [0.5, 0.6) is 0 Å². The number of hydrogen-bond acceptors (Lipinski definition) is 2. The summed E-state index contributed by atoms with van der Waals surface area (Å²) in [6.07, 6.45) is 5.50. The first-order valence-electron chi connectivity index (χ1n) is 4.32. The van der Waals surface area contributed by atoms with Crippen molar-refractivity contribution in [2.45, 2.75) is 42.0 Å². The summed E-state index contributed by atoms with van der Waals surface area (Å²) in [5, 5.41) is 7.36. The summed E-state index contributed by atoms with van der Waals surface area (Å²) in [5.41, 5.74) is 0. The fraction of sp³-hybridized carbons (Fsp3) is 0.875.